The summed E-state index contributed by atoms with van der Waals surface area (Å²) in [4.78, 5) is 25.5. The number of thiazole rings is 1. The van der Waals surface area contributed by atoms with E-state index in [0.717, 1.165) is 68.0 Å². The van der Waals surface area contributed by atoms with Crippen LogP contribution in [-0.4, -0.2) is 70.9 Å². The summed E-state index contributed by atoms with van der Waals surface area (Å²) >= 11 is 1.57. The highest BCUT2D eigenvalue weighted by Crippen LogP contribution is 2.33. The van der Waals surface area contributed by atoms with Crippen LogP contribution in [0.3, 0.4) is 0 Å². The van der Waals surface area contributed by atoms with Gasteiger partial charge in [0, 0.05) is 62.2 Å². The normalized spacial score (nSPS) is 20.8. The number of piperazine rings is 1. The molecule has 2 aliphatic heterocycles. The number of hydrogen-bond acceptors (Lipinski definition) is 5. The van der Waals surface area contributed by atoms with Crippen LogP contribution in [0.5, 0.6) is 0 Å². The van der Waals surface area contributed by atoms with Crippen LogP contribution in [0.15, 0.2) is 18.2 Å². The fourth-order valence-electron chi connectivity index (χ4n) is 4.68. The van der Waals surface area contributed by atoms with E-state index >= 15 is 0 Å². The van der Waals surface area contributed by atoms with Crippen LogP contribution in [-0.2, 0) is 17.8 Å². The minimum Gasteiger partial charge on any atom is -0.339 e. The third kappa shape index (κ3) is 4.03. The Morgan fingerprint density at radius 1 is 1.20 bits per heavy atom. The molecule has 0 unspecified atom stereocenters. The number of nitrogens with zero attached hydrogens (tertiary/aromatic N) is 4. The Bertz CT molecular complexity index is 933. The minimum atomic E-state index is -0.222. The number of carbonyl (C=O) groups is 1. The van der Waals surface area contributed by atoms with Crippen molar-refractivity contribution in [3.8, 4) is 10.6 Å². The molecule has 1 amide bonds. The van der Waals surface area contributed by atoms with Gasteiger partial charge in [-0.3, -0.25) is 14.6 Å². The number of aromatic nitrogens is 1. The molecule has 0 atom stereocenters. The maximum Gasteiger partial charge on any atom is 0.236 e. The second-order valence-corrected chi connectivity index (χ2v) is 9.92. The lowest BCUT2D eigenvalue weighted by Gasteiger charge is -2.43. The van der Waals surface area contributed by atoms with Crippen molar-refractivity contribution in [3.05, 3.63) is 40.2 Å². The standard InChI is InChI=1S/C23H29FN4OS/c1-16-5-6-19(24)18(13-16)23-25-20-7-8-26(14-21(20)30-23)15-22(29)28-11-9-27(10-12-28)17-3-2-4-17/h5-6,13,17H,2-4,7-12,14-15H2,1H3. The molecule has 2 aromatic rings. The van der Waals surface area contributed by atoms with Gasteiger partial charge in [-0.2, -0.15) is 0 Å². The second kappa shape index (κ2) is 8.36. The summed E-state index contributed by atoms with van der Waals surface area (Å²) in [5.41, 5.74) is 2.68. The molecular weight excluding hydrogens is 399 g/mol. The van der Waals surface area contributed by atoms with Gasteiger partial charge in [0.1, 0.15) is 10.8 Å². The van der Waals surface area contributed by atoms with Crippen molar-refractivity contribution < 1.29 is 9.18 Å². The SMILES string of the molecule is Cc1ccc(F)c(-c2nc3c(s2)CN(CC(=O)N2CCN(C4CCC4)CC2)CC3)c1. The molecule has 5 nitrogen and oxygen atoms in total. The maximum atomic E-state index is 14.3. The monoisotopic (exact) mass is 428 g/mol. The van der Waals surface area contributed by atoms with Crippen LogP contribution in [0.2, 0.25) is 0 Å². The van der Waals surface area contributed by atoms with Crippen molar-refractivity contribution in [2.45, 2.75) is 45.2 Å². The highest BCUT2D eigenvalue weighted by atomic mass is 32.1. The summed E-state index contributed by atoms with van der Waals surface area (Å²) in [6.45, 7) is 7.73. The van der Waals surface area contributed by atoms with Crippen LogP contribution in [0, 0.1) is 12.7 Å². The van der Waals surface area contributed by atoms with Crippen LogP contribution in [0.4, 0.5) is 4.39 Å². The molecule has 1 aromatic carbocycles. The summed E-state index contributed by atoms with van der Waals surface area (Å²) < 4.78 is 14.3. The number of aryl methyl sites for hydroxylation is 1. The lowest BCUT2D eigenvalue weighted by molar-refractivity contribution is -0.135. The molecule has 0 N–H and O–H groups in total. The van der Waals surface area contributed by atoms with Crippen LogP contribution in [0.25, 0.3) is 10.6 Å². The summed E-state index contributed by atoms with van der Waals surface area (Å²) in [7, 11) is 0. The van der Waals surface area contributed by atoms with Gasteiger partial charge < -0.3 is 4.90 Å². The largest absolute Gasteiger partial charge is 0.339 e. The average Bonchev–Trinajstić information content (AvgIpc) is 3.12. The zero-order chi connectivity index (χ0) is 20.7. The van der Waals surface area contributed by atoms with Crippen LogP contribution >= 0.6 is 11.3 Å². The molecule has 1 aliphatic carbocycles. The molecule has 160 valence electrons. The Morgan fingerprint density at radius 3 is 2.73 bits per heavy atom. The van der Waals surface area contributed by atoms with Crippen LogP contribution < -0.4 is 0 Å². The first-order valence-corrected chi connectivity index (χ1v) is 11.9. The zero-order valence-corrected chi connectivity index (χ0v) is 18.4. The summed E-state index contributed by atoms with van der Waals surface area (Å²) in [6.07, 6.45) is 4.83. The van der Waals surface area contributed by atoms with Crippen molar-refractivity contribution in [3.63, 3.8) is 0 Å². The smallest absolute Gasteiger partial charge is 0.236 e. The lowest BCUT2D eigenvalue weighted by atomic mass is 9.91. The van der Waals surface area contributed by atoms with E-state index < -0.39 is 0 Å². The predicted molar refractivity (Wildman–Crippen MR) is 117 cm³/mol. The van der Waals surface area contributed by atoms with Crippen molar-refractivity contribution in [2.75, 3.05) is 39.3 Å². The zero-order valence-electron chi connectivity index (χ0n) is 17.6. The summed E-state index contributed by atoms with van der Waals surface area (Å²) in [5.74, 6) is 0.0148. The third-order valence-corrected chi connectivity index (χ3v) is 7.90. The Hall–Kier alpha value is -1.83. The van der Waals surface area contributed by atoms with E-state index in [1.54, 1.807) is 17.4 Å². The number of hydrogen-bond donors (Lipinski definition) is 0. The van der Waals surface area contributed by atoms with Crippen LogP contribution in [0.1, 0.15) is 35.4 Å². The predicted octanol–water partition coefficient (Wildman–Crippen LogP) is 3.31. The van der Waals surface area contributed by atoms with E-state index in [9.17, 15) is 9.18 Å². The molecule has 7 heteroatoms. The number of carbonyl (C=O) groups excluding carboxylic acids is 1. The van der Waals surface area contributed by atoms with E-state index in [4.69, 9.17) is 4.98 Å². The highest BCUT2D eigenvalue weighted by molar-refractivity contribution is 7.15. The first-order valence-electron chi connectivity index (χ1n) is 11.1. The Balaban J connectivity index is 1.19. The van der Waals surface area contributed by atoms with E-state index in [1.165, 1.54) is 30.2 Å². The van der Waals surface area contributed by atoms with E-state index in [2.05, 4.69) is 9.80 Å². The molecule has 5 rings (SSSR count). The number of benzene rings is 1. The second-order valence-electron chi connectivity index (χ2n) is 8.83. The van der Waals surface area contributed by atoms with Crippen molar-refractivity contribution in [1.29, 1.82) is 0 Å². The topological polar surface area (TPSA) is 39.7 Å². The van der Waals surface area contributed by atoms with Gasteiger partial charge in [-0.05, 0) is 31.9 Å². The van der Waals surface area contributed by atoms with Crippen molar-refractivity contribution in [2.24, 2.45) is 0 Å². The Labute approximate surface area is 181 Å². The van der Waals surface area contributed by atoms with E-state index in [0.29, 0.717) is 12.1 Å². The van der Waals surface area contributed by atoms with Gasteiger partial charge >= 0.3 is 0 Å². The van der Waals surface area contributed by atoms with Gasteiger partial charge in [-0.15, -0.1) is 11.3 Å². The minimum absolute atomic E-state index is 0.222. The molecule has 1 aromatic heterocycles. The molecule has 1 saturated heterocycles. The Kier molecular flexibility index (Phi) is 5.60. The molecule has 2 fully saturated rings. The first kappa shape index (κ1) is 20.1. The summed E-state index contributed by atoms with van der Waals surface area (Å²) in [5, 5.41) is 0.751. The van der Waals surface area contributed by atoms with E-state index in [1.807, 2.05) is 17.9 Å². The molecule has 30 heavy (non-hydrogen) atoms. The molecule has 0 radical (unpaired) electrons. The fourth-order valence-corrected chi connectivity index (χ4v) is 5.85. The van der Waals surface area contributed by atoms with Gasteiger partial charge in [0.2, 0.25) is 5.91 Å². The third-order valence-electron chi connectivity index (χ3n) is 6.78. The molecule has 0 bridgehead atoms. The van der Waals surface area contributed by atoms with Gasteiger partial charge in [-0.1, -0.05) is 18.1 Å². The highest BCUT2D eigenvalue weighted by Gasteiger charge is 2.30. The molecule has 3 aliphatic rings. The van der Waals surface area contributed by atoms with Gasteiger partial charge in [-0.25, -0.2) is 9.37 Å². The number of halogens is 1. The maximum absolute atomic E-state index is 14.3. The molecule has 1 saturated carbocycles. The van der Waals surface area contributed by atoms with Gasteiger partial charge in [0.25, 0.3) is 0 Å². The average molecular weight is 429 g/mol. The number of amides is 1. The summed E-state index contributed by atoms with van der Waals surface area (Å²) in [6, 6.07) is 5.93. The van der Waals surface area contributed by atoms with Crippen molar-refractivity contribution in [1.82, 2.24) is 19.7 Å². The molecular formula is C23H29FN4OS. The Morgan fingerprint density at radius 2 is 2.00 bits per heavy atom. The van der Waals surface area contributed by atoms with Crippen molar-refractivity contribution >= 4 is 17.2 Å². The van der Waals surface area contributed by atoms with Gasteiger partial charge in [0.05, 0.1) is 12.2 Å². The number of rotatable bonds is 4. The van der Waals surface area contributed by atoms with E-state index in [-0.39, 0.29) is 11.7 Å². The first-order chi connectivity index (χ1) is 14.6. The quantitative estimate of drug-likeness (QED) is 0.749. The molecule has 3 heterocycles. The molecule has 0 spiro atoms. The van der Waals surface area contributed by atoms with Gasteiger partial charge in [0.15, 0.2) is 0 Å². The lowest BCUT2D eigenvalue weighted by Crippen LogP contribution is -2.55. The number of fused-ring (bicyclic) bond motifs is 1. The fraction of sp³-hybridized carbons (Fsp3) is 0.565.